The zero-order valence-electron chi connectivity index (χ0n) is 11.7. The standard InChI is InChI=1S/C14H15N3O4/c1-15-7-10-5-12(9-16-8-10)21-14-6-11(20-2)3-4-13(14)17(18)19/h3-6,8-9,15H,7H2,1-2H3. The van der Waals surface area contributed by atoms with Crippen LogP contribution in [-0.4, -0.2) is 24.1 Å². The summed E-state index contributed by atoms with van der Waals surface area (Å²) in [7, 11) is 3.31. The van der Waals surface area contributed by atoms with Crippen molar-refractivity contribution in [3.05, 3.63) is 52.3 Å². The van der Waals surface area contributed by atoms with Crippen LogP contribution in [0.3, 0.4) is 0 Å². The number of nitro benzene ring substituents is 1. The fraction of sp³-hybridized carbons (Fsp3) is 0.214. The third-order valence-electron chi connectivity index (χ3n) is 2.74. The van der Waals surface area contributed by atoms with Gasteiger partial charge in [0.1, 0.15) is 11.5 Å². The summed E-state index contributed by atoms with van der Waals surface area (Å²) in [6.07, 6.45) is 3.20. The van der Waals surface area contributed by atoms with Crippen LogP contribution >= 0.6 is 0 Å². The molecule has 7 nitrogen and oxygen atoms in total. The van der Waals surface area contributed by atoms with Gasteiger partial charge in [-0.15, -0.1) is 0 Å². The molecule has 0 atom stereocenters. The molecule has 1 heterocycles. The summed E-state index contributed by atoms with van der Waals surface area (Å²) in [5.74, 6) is 1.02. The maximum atomic E-state index is 11.0. The molecular formula is C14H15N3O4. The number of nitrogens with one attached hydrogen (secondary N) is 1. The summed E-state index contributed by atoms with van der Waals surface area (Å²) in [4.78, 5) is 14.6. The summed E-state index contributed by atoms with van der Waals surface area (Å²) in [5, 5.41) is 14.0. The highest BCUT2D eigenvalue weighted by atomic mass is 16.6. The topological polar surface area (TPSA) is 86.5 Å². The molecule has 0 fully saturated rings. The summed E-state index contributed by atoms with van der Waals surface area (Å²) in [6.45, 7) is 0.629. The highest BCUT2D eigenvalue weighted by Crippen LogP contribution is 2.34. The lowest BCUT2D eigenvalue weighted by molar-refractivity contribution is -0.385. The van der Waals surface area contributed by atoms with Crippen LogP contribution in [0.15, 0.2) is 36.7 Å². The number of aromatic nitrogens is 1. The third-order valence-corrected chi connectivity index (χ3v) is 2.74. The van der Waals surface area contributed by atoms with Crippen LogP contribution < -0.4 is 14.8 Å². The molecule has 1 N–H and O–H groups in total. The van der Waals surface area contributed by atoms with Crippen molar-refractivity contribution in [1.82, 2.24) is 10.3 Å². The second kappa shape index (κ2) is 6.67. The molecule has 21 heavy (non-hydrogen) atoms. The molecule has 0 aliphatic heterocycles. The first-order chi connectivity index (χ1) is 10.1. The molecule has 0 aliphatic carbocycles. The number of benzene rings is 1. The van der Waals surface area contributed by atoms with Gasteiger partial charge < -0.3 is 14.8 Å². The van der Waals surface area contributed by atoms with E-state index in [0.29, 0.717) is 18.0 Å². The van der Waals surface area contributed by atoms with Gasteiger partial charge in [-0.1, -0.05) is 0 Å². The van der Waals surface area contributed by atoms with Gasteiger partial charge in [0.05, 0.1) is 18.2 Å². The van der Waals surface area contributed by atoms with E-state index in [-0.39, 0.29) is 11.4 Å². The molecule has 0 amide bonds. The molecular weight excluding hydrogens is 274 g/mol. The van der Waals surface area contributed by atoms with Crippen LogP contribution in [-0.2, 0) is 6.54 Å². The number of methoxy groups -OCH3 is 1. The van der Waals surface area contributed by atoms with Gasteiger partial charge in [-0.3, -0.25) is 15.1 Å². The Balaban J connectivity index is 2.33. The van der Waals surface area contributed by atoms with E-state index >= 15 is 0 Å². The summed E-state index contributed by atoms with van der Waals surface area (Å²) in [5.41, 5.74) is 0.787. The van der Waals surface area contributed by atoms with Crippen LogP contribution in [0.4, 0.5) is 5.69 Å². The average molecular weight is 289 g/mol. The van der Waals surface area contributed by atoms with Gasteiger partial charge in [0.2, 0.25) is 5.75 Å². The lowest BCUT2D eigenvalue weighted by Crippen LogP contribution is -2.05. The van der Waals surface area contributed by atoms with Crippen molar-refractivity contribution < 1.29 is 14.4 Å². The van der Waals surface area contributed by atoms with Gasteiger partial charge in [0, 0.05) is 24.9 Å². The van der Waals surface area contributed by atoms with Gasteiger partial charge >= 0.3 is 5.69 Å². The Morgan fingerprint density at radius 1 is 1.29 bits per heavy atom. The van der Waals surface area contributed by atoms with Crippen molar-refractivity contribution in [2.45, 2.75) is 6.54 Å². The van der Waals surface area contributed by atoms with Crippen molar-refractivity contribution >= 4 is 5.69 Å². The Bertz CT molecular complexity index is 646. The molecule has 1 aromatic carbocycles. The van der Waals surface area contributed by atoms with Gasteiger partial charge in [-0.2, -0.15) is 0 Å². The first-order valence-corrected chi connectivity index (χ1v) is 6.23. The minimum atomic E-state index is -0.500. The molecule has 2 rings (SSSR count). The van der Waals surface area contributed by atoms with Crippen LogP contribution in [0.1, 0.15) is 5.56 Å². The van der Waals surface area contributed by atoms with Gasteiger partial charge in [0.15, 0.2) is 0 Å². The average Bonchev–Trinajstić information content (AvgIpc) is 2.47. The molecule has 0 saturated heterocycles. The third kappa shape index (κ3) is 3.67. The smallest absolute Gasteiger partial charge is 0.311 e. The van der Waals surface area contributed by atoms with E-state index < -0.39 is 4.92 Å². The Morgan fingerprint density at radius 3 is 2.76 bits per heavy atom. The van der Waals surface area contributed by atoms with E-state index in [4.69, 9.17) is 9.47 Å². The highest BCUT2D eigenvalue weighted by molar-refractivity contribution is 5.52. The minimum absolute atomic E-state index is 0.114. The number of rotatable bonds is 6. The fourth-order valence-electron chi connectivity index (χ4n) is 1.80. The van der Waals surface area contributed by atoms with Crippen LogP contribution in [0.5, 0.6) is 17.2 Å². The van der Waals surface area contributed by atoms with Crippen molar-refractivity contribution in [2.24, 2.45) is 0 Å². The summed E-state index contributed by atoms with van der Waals surface area (Å²) >= 11 is 0. The first kappa shape index (κ1) is 14.7. The molecule has 0 unspecified atom stereocenters. The molecule has 110 valence electrons. The second-order valence-corrected chi connectivity index (χ2v) is 4.25. The van der Waals surface area contributed by atoms with E-state index in [9.17, 15) is 10.1 Å². The monoisotopic (exact) mass is 289 g/mol. The lowest BCUT2D eigenvalue weighted by atomic mass is 10.2. The zero-order valence-corrected chi connectivity index (χ0v) is 11.7. The van der Waals surface area contributed by atoms with Crippen LogP contribution in [0, 0.1) is 10.1 Å². The molecule has 0 saturated carbocycles. The van der Waals surface area contributed by atoms with Gasteiger partial charge in [-0.05, 0) is 24.7 Å². The molecule has 7 heteroatoms. The molecule has 0 spiro atoms. The number of nitrogens with zero attached hydrogens (tertiary/aromatic N) is 2. The van der Waals surface area contributed by atoms with E-state index in [1.807, 2.05) is 7.05 Å². The maximum Gasteiger partial charge on any atom is 0.311 e. The summed E-state index contributed by atoms with van der Waals surface area (Å²) < 4.78 is 10.6. The maximum absolute atomic E-state index is 11.0. The molecule has 2 aromatic rings. The van der Waals surface area contributed by atoms with Crippen LogP contribution in [0.2, 0.25) is 0 Å². The summed E-state index contributed by atoms with van der Waals surface area (Å²) in [6, 6.07) is 6.11. The number of pyridine rings is 1. The number of ether oxygens (including phenoxy) is 2. The van der Waals surface area contributed by atoms with E-state index in [1.165, 1.54) is 31.5 Å². The van der Waals surface area contributed by atoms with E-state index in [0.717, 1.165) is 5.56 Å². The molecule has 1 aromatic heterocycles. The number of hydrogen-bond acceptors (Lipinski definition) is 6. The Kier molecular flexibility index (Phi) is 4.68. The quantitative estimate of drug-likeness (QED) is 0.649. The SMILES string of the molecule is CNCc1cncc(Oc2cc(OC)ccc2[N+](=O)[O-])c1. The number of nitro groups is 1. The Morgan fingerprint density at radius 2 is 2.10 bits per heavy atom. The van der Waals surface area contributed by atoms with Crippen LogP contribution in [0.25, 0.3) is 0 Å². The second-order valence-electron chi connectivity index (χ2n) is 4.25. The minimum Gasteiger partial charge on any atom is -0.497 e. The molecule has 0 aliphatic rings. The molecule has 0 radical (unpaired) electrons. The van der Waals surface area contributed by atoms with E-state index in [2.05, 4.69) is 10.3 Å². The predicted molar refractivity (Wildman–Crippen MR) is 76.7 cm³/mol. The fourth-order valence-corrected chi connectivity index (χ4v) is 1.80. The first-order valence-electron chi connectivity index (χ1n) is 6.23. The van der Waals surface area contributed by atoms with Crippen molar-refractivity contribution in [2.75, 3.05) is 14.2 Å². The van der Waals surface area contributed by atoms with Gasteiger partial charge in [0.25, 0.3) is 0 Å². The largest absolute Gasteiger partial charge is 0.497 e. The van der Waals surface area contributed by atoms with E-state index in [1.54, 1.807) is 12.3 Å². The normalized spacial score (nSPS) is 10.2. The highest BCUT2D eigenvalue weighted by Gasteiger charge is 2.17. The lowest BCUT2D eigenvalue weighted by Gasteiger charge is -2.09. The van der Waals surface area contributed by atoms with Crippen molar-refractivity contribution in [3.63, 3.8) is 0 Å². The van der Waals surface area contributed by atoms with Crippen molar-refractivity contribution in [1.29, 1.82) is 0 Å². The Hall–Kier alpha value is -2.67. The predicted octanol–water partition coefficient (Wildman–Crippen LogP) is 2.51. The molecule has 0 bridgehead atoms. The zero-order chi connectivity index (χ0) is 15.2. The number of hydrogen-bond donors (Lipinski definition) is 1. The van der Waals surface area contributed by atoms with Gasteiger partial charge in [-0.25, -0.2) is 0 Å². The van der Waals surface area contributed by atoms with Crippen molar-refractivity contribution in [3.8, 4) is 17.2 Å². The Labute approximate surface area is 121 Å².